The molecule has 0 aliphatic rings. The molecule has 1 rings (SSSR count). The number of benzene rings is 1. The fourth-order valence-corrected chi connectivity index (χ4v) is 1.87. The number of rotatable bonds is 5. The number of halogens is 1. The van der Waals surface area contributed by atoms with Crippen molar-refractivity contribution in [3.63, 3.8) is 0 Å². The molecule has 0 fully saturated rings. The molecule has 0 aliphatic heterocycles. The van der Waals surface area contributed by atoms with Gasteiger partial charge in [0.05, 0.1) is 12.1 Å². The number of nitrogens with one attached hydrogen (secondary N) is 1. The van der Waals surface area contributed by atoms with Gasteiger partial charge in [-0.2, -0.15) is 0 Å². The molecular formula is C14H21ClN2O. The van der Waals surface area contributed by atoms with E-state index < -0.39 is 6.04 Å². The second-order valence-electron chi connectivity index (χ2n) is 5.03. The molecular weight excluding hydrogens is 248 g/mol. The molecule has 1 unspecified atom stereocenters. The summed E-state index contributed by atoms with van der Waals surface area (Å²) in [6.07, 6.45) is 0.875. The van der Waals surface area contributed by atoms with Crippen LogP contribution in [0.1, 0.15) is 38.8 Å². The normalized spacial score (nSPS) is 14.3. The Kier molecular flexibility index (Phi) is 5.63. The van der Waals surface area contributed by atoms with Gasteiger partial charge in [0.15, 0.2) is 0 Å². The van der Waals surface area contributed by atoms with Crippen molar-refractivity contribution in [2.75, 3.05) is 0 Å². The molecule has 0 bridgehead atoms. The molecule has 18 heavy (non-hydrogen) atoms. The van der Waals surface area contributed by atoms with Crippen molar-refractivity contribution in [3.8, 4) is 0 Å². The topological polar surface area (TPSA) is 55.1 Å². The Morgan fingerprint density at radius 1 is 1.28 bits per heavy atom. The van der Waals surface area contributed by atoms with Crippen molar-refractivity contribution in [1.82, 2.24) is 5.32 Å². The first-order chi connectivity index (χ1) is 8.40. The van der Waals surface area contributed by atoms with E-state index in [0.29, 0.717) is 10.9 Å². The molecule has 3 N–H and O–H groups in total. The lowest BCUT2D eigenvalue weighted by atomic mass is 9.97. The molecule has 3 nitrogen and oxygen atoms in total. The maximum absolute atomic E-state index is 11.7. The highest BCUT2D eigenvalue weighted by molar-refractivity contribution is 6.30. The number of hydrogen-bond acceptors (Lipinski definition) is 2. The Morgan fingerprint density at radius 3 is 2.28 bits per heavy atom. The molecule has 4 heteroatoms. The van der Waals surface area contributed by atoms with Crippen molar-refractivity contribution in [1.29, 1.82) is 0 Å². The minimum Gasteiger partial charge on any atom is -0.348 e. The van der Waals surface area contributed by atoms with E-state index in [4.69, 9.17) is 17.3 Å². The van der Waals surface area contributed by atoms with E-state index in [0.717, 1.165) is 12.0 Å². The summed E-state index contributed by atoms with van der Waals surface area (Å²) >= 11 is 5.87. The summed E-state index contributed by atoms with van der Waals surface area (Å²) < 4.78 is 0. The highest BCUT2D eigenvalue weighted by Crippen LogP contribution is 2.22. The second-order valence-corrected chi connectivity index (χ2v) is 5.47. The zero-order valence-corrected chi connectivity index (χ0v) is 11.9. The standard InChI is InChI=1S/C14H21ClN2O/c1-9(2)8-13(17-14(18)10(3)16)11-4-6-12(15)7-5-11/h4-7,9-10,13H,8,16H2,1-3H3,(H,17,18)/t10-,13?/m0/s1. The van der Waals surface area contributed by atoms with Crippen LogP contribution in [0.4, 0.5) is 0 Å². The number of carbonyl (C=O) groups is 1. The van der Waals surface area contributed by atoms with E-state index in [1.807, 2.05) is 24.3 Å². The molecule has 100 valence electrons. The molecule has 1 aromatic carbocycles. The van der Waals surface area contributed by atoms with E-state index in [2.05, 4.69) is 19.2 Å². The predicted molar refractivity (Wildman–Crippen MR) is 75.4 cm³/mol. The van der Waals surface area contributed by atoms with Crippen molar-refractivity contribution in [2.24, 2.45) is 11.7 Å². The van der Waals surface area contributed by atoms with E-state index >= 15 is 0 Å². The van der Waals surface area contributed by atoms with Crippen LogP contribution in [0.3, 0.4) is 0 Å². The van der Waals surface area contributed by atoms with E-state index in [9.17, 15) is 4.79 Å². The summed E-state index contributed by atoms with van der Waals surface area (Å²) in [6.45, 7) is 5.94. The van der Waals surface area contributed by atoms with Crippen molar-refractivity contribution in [2.45, 2.75) is 39.3 Å². The summed E-state index contributed by atoms with van der Waals surface area (Å²) in [5.74, 6) is 0.356. The summed E-state index contributed by atoms with van der Waals surface area (Å²) in [5, 5.41) is 3.67. The van der Waals surface area contributed by atoms with Crippen LogP contribution in [0.5, 0.6) is 0 Å². The van der Waals surface area contributed by atoms with Gasteiger partial charge in [-0.3, -0.25) is 4.79 Å². The van der Waals surface area contributed by atoms with Crippen LogP contribution in [0, 0.1) is 5.92 Å². The average molecular weight is 269 g/mol. The molecule has 0 aliphatic carbocycles. The first-order valence-corrected chi connectivity index (χ1v) is 6.59. The number of carbonyl (C=O) groups excluding carboxylic acids is 1. The number of nitrogens with two attached hydrogens (primary N) is 1. The average Bonchev–Trinajstić information content (AvgIpc) is 2.28. The van der Waals surface area contributed by atoms with Crippen LogP contribution in [-0.2, 0) is 4.79 Å². The van der Waals surface area contributed by atoms with Gasteiger partial charge in [0, 0.05) is 5.02 Å². The summed E-state index contributed by atoms with van der Waals surface area (Å²) in [7, 11) is 0. The summed E-state index contributed by atoms with van der Waals surface area (Å²) in [5.41, 5.74) is 6.64. The van der Waals surface area contributed by atoms with Gasteiger partial charge in [-0.05, 0) is 37.0 Å². The van der Waals surface area contributed by atoms with Gasteiger partial charge in [-0.1, -0.05) is 37.6 Å². The van der Waals surface area contributed by atoms with Gasteiger partial charge in [0.25, 0.3) is 0 Å². The van der Waals surface area contributed by atoms with Crippen molar-refractivity contribution < 1.29 is 4.79 Å². The third-order valence-corrected chi connectivity index (χ3v) is 2.96. The smallest absolute Gasteiger partial charge is 0.237 e. The Morgan fingerprint density at radius 2 is 1.83 bits per heavy atom. The second kappa shape index (κ2) is 6.76. The molecule has 0 radical (unpaired) electrons. The maximum Gasteiger partial charge on any atom is 0.237 e. The van der Waals surface area contributed by atoms with E-state index in [1.165, 1.54) is 0 Å². The van der Waals surface area contributed by atoms with Crippen LogP contribution in [0.25, 0.3) is 0 Å². The largest absolute Gasteiger partial charge is 0.348 e. The molecule has 0 heterocycles. The van der Waals surface area contributed by atoms with Gasteiger partial charge in [-0.15, -0.1) is 0 Å². The maximum atomic E-state index is 11.7. The van der Waals surface area contributed by atoms with Crippen LogP contribution in [-0.4, -0.2) is 11.9 Å². The first-order valence-electron chi connectivity index (χ1n) is 6.21. The Hall–Kier alpha value is -1.06. The molecule has 0 saturated carbocycles. The van der Waals surface area contributed by atoms with Gasteiger partial charge in [0.1, 0.15) is 0 Å². The number of hydrogen-bond donors (Lipinski definition) is 2. The van der Waals surface area contributed by atoms with Gasteiger partial charge < -0.3 is 11.1 Å². The molecule has 1 aromatic rings. The Balaban J connectivity index is 2.84. The fraction of sp³-hybridized carbons (Fsp3) is 0.500. The highest BCUT2D eigenvalue weighted by atomic mass is 35.5. The van der Waals surface area contributed by atoms with Crippen molar-refractivity contribution >= 4 is 17.5 Å². The van der Waals surface area contributed by atoms with Crippen molar-refractivity contribution in [3.05, 3.63) is 34.9 Å². The summed E-state index contributed by atoms with van der Waals surface area (Å²) in [6, 6.07) is 7.05. The molecule has 1 amide bonds. The lowest BCUT2D eigenvalue weighted by Gasteiger charge is -2.22. The SMILES string of the molecule is CC(C)CC(NC(=O)[C@H](C)N)c1ccc(Cl)cc1. The minimum atomic E-state index is -0.494. The van der Waals surface area contributed by atoms with Crippen LogP contribution in [0.15, 0.2) is 24.3 Å². The van der Waals surface area contributed by atoms with Crippen LogP contribution in [0.2, 0.25) is 5.02 Å². The van der Waals surface area contributed by atoms with E-state index in [-0.39, 0.29) is 11.9 Å². The Labute approximate surface area is 114 Å². The highest BCUT2D eigenvalue weighted by Gasteiger charge is 2.17. The van der Waals surface area contributed by atoms with Gasteiger partial charge in [0.2, 0.25) is 5.91 Å². The van der Waals surface area contributed by atoms with Gasteiger partial charge >= 0.3 is 0 Å². The lowest BCUT2D eigenvalue weighted by Crippen LogP contribution is -2.40. The monoisotopic (exact) mass is 268 g/mol. The molecule has 0 saturated heterocycles. The zero-order valence-electron chi connectivity index (χ0n) is 11.1. The first kappa shape index (κ1) is 15.0. The molecule has 2 atom stereocenters. The summed E-state index contributed by atoms with van der Waals surface area (Å²) in [4.78, 5) is 11.7. The molecule has 0 aromatic heterocycles. The van der Waals surface area contributed by atoms with Crippen LogP contribution >= 0.6 is 11.6 Å². The molecule has 0 spiro atoms. The Bertz CT molecular complexity index is 387. The van der Waals surface area contributed by atoms with E-state index in [1.54, 1.807) is 6.92 Å². The zero-order chi connectivity index (χ0) is 13.7. The fourth-order valence-electron chi connectivity index (χ4n) is 1.75. The minimum absolute atomic E-state index is 0.0132. The quantitative estimate of drug-likeness (QED) is 0.863. The van der Waals surface area contributed by atoms with Crippen LogP contribution < -0.4 is 11.1 Å². The lowest BCUT2D eigenvalue weighted by molar-refractivity contribution is -0.122. The third kappa shape index (κ3) is 4.67. The third-order valence-electron chi connectivity index (χ3n) is 2.71. The number of amides is 1. The van der Waals surface area contributed by atoms with Gasteiger partial charge in [-0.25, -0.2) is 0 Å². The predicted octanol–water partition coefficient (Wildman–Crippen LogP) is 2.89.